The van der Waals surface area contributed by atoms with E-state index in [2.05, 4.69) is 10.1 Å². The summed E-state index contributed by atoms with van der Waals surface area (Å²) in [5.74, 6) is -0.803. The van der Waals surface area contributed by atoms with Crippen LogP contribution in [-0.2, 0) is 14.3 Å². The number of carbonyl (C=O) groups is 3. The lowest BCUT2D eigenvalue weighted by atomic mass is 9.98. The normalized spacial score (nSPS) is 16.3. The smallest absolute Gasteiger partial charge is 0.310 e. The summed E-state index contributed by atoms with van der Waals surface area (Å²) >= 11 is 0. The topological polar surface area (TPSA) is 106 Å². The largest absolute Gasteiger partial charge is 0.466 e. The quantitative estimate of drug-likeness (QED) is 0.678. The molecule has 1 saturated heterocycles. The van der Waals surface area contributed by atoms with E-state index in [0.717, 1.165) is 6.42 Å². The number of likely N-dealkylation sites (tertiary alicyclic amines) is 1. The number of rotatable bonds is 6. The zero-order valence-corrected chi connectivity index (χ0v) is 16.5. The van der Waals surface area contributed by atoms with Crippen LogP contribution in [0.25, 0.3) is 11.3 Å². The van der Waals surface area contributed by atoms with Crippen molar-refractivity contribution < 1.29 is 23.6 Å². The molecule has 9 nitrogen and oxygen atoms in total. The van der Waals surface area contributed by atoms with Gasteiger partial charge < -0.3 is 19.1 Å². The van der Waals surface area contributed by atoms with Crippen molar-refractivity contribution >= 4 is 17.8 Å². The number of aromatic nitrogens is 2. The molecule has 2 amide bonds. The predicted molar refractivity (Wildman–Crippen MR) is 103 cm³/mol. The lowest BCUT2D eigenvalue weighted by Crippen LogP contribution is -2.47. The van der Waals surface area contributed by atoms with Gasteiger partial charge in [-0.15, -0.1) is 0 Å². The Morgan fingerprint density at radius 1 is 1.38 bits per heavy atom. The average molecular weight is 400 g/mol. The van der Waals surface area contributed by atoms with E-state index in [1.165, 1.54) is 18.0 Å². The van der Waals surface area contributed by atoms with Gasteiger partial charge in [-0.2, -0.15) is 0 Å². The Hall–Kier alpha value is -3.23. The standard InChI is InChI=1S/C20H24N4O5/c1-3-28-20(27)15-7-5-9-24(12-15)18(25)13-23(2)19(26)16-10-17(29-22-16)14-6-4-8-21-11-14/h4,6,8,10-11,15H,3,5,7,9,12-13H2,1-2H3. The van der Waals surface area contributed by atoms with Crippen LogP contribution in [0, 0.1) is 5.92 Å². The maximum absolute atomic E-state index is 12.6. The summed E-state index contributed by atoms with van der Waals surface area (Å²) in [4.78, 5) is 44.1. The molecule has 0 spiro atoms. The summed E-state index contributed by atoms with van der Waals surface area (Å²) in [5, 5.41) is 3.81. The van der Waals surface area contributed by atoms with Gasteiger partial charge in [-0.25, -0.2) is 0 Å². The van der Waals surface area contributed by atoms with Gasteiger partial charge in [0.15, 0.2) is 11.5 Å². The Morgan fingerprint density at radius 2 is 2.21 bits per heavy atom. The number of ether oxygens (including phenoxy) is 1. The van der Waals surface area contributed by atoms with Gasteiger partial charge in [-0.3, -0.25) is 19.4 Å². The average Bonchev–Trinajstić information content (AvgIpc) is 3.24. The summed E-state index contributed by atoms with van der Waals surface area (Å²) in [6.45, 7) is 2.84. The number of pyridine rings is 1. The molecule has 3 rings (SSSR count). The number of carbonyl (C=O) groups excluding carboxylic acids is 3. The highest BCUT2D eigenvalue weighted by molar-refractivity contribution is 5.95. The monoisotopic (exact) mass is 400 g/mol. The molecule has 29 heavy (non-hydrogen) atoms. The van der Waals surface area contributed by atoms with E-state index in [9.17, 15) is 14.4 Å². The molecule has 154 valence electrons. The van der Waals surface area contributed by atoms with Crippen LogP contribution in [0.5, 0.6) is 0 Å². The molecule has 0 saturated carbocycles. The third-order valence-electron chi connectivity index (χ3n) is 4.79. The summed E-state index contributed by atoms with van der Waals surface area (Å²) in [5.41, 5.74) is 0.818. The second-order valence-corrected chi connectivity index (χ2v) is 6.91. The van der Waals surface area contributed by atoms with E-state index < -0.39 is 5.91 Å². The molecule has 0 radical (unpaired) electrons. The third-order valence-corrected chi connectivity index (χ3v) is 4.79. The molecule has 0 aliphatic carbocycles. The van der Waals surface area contributed by atoms with Crippen LogP contribution in [0.15, 0.2) is 35.1 Å². The summed E-state index contributed by atoms with van der Waals surface area (Å²) in [6.07, 6.45) is 4.68. The maximum atomic E-state index is 12.6. The number of hydrogen-bond donors (Lipinski definition) is 0. The van der Waals surface area contributed by atoms with Gasteiger partial charge in [0, 0.05) is 44.2 Å². The molecule has 1 atom stereocenters. The van der Waals surface area contributed by atoms with Crippen molar-refractivity contribution in [2.75, 3.05) is 33.3 Å². The molecule has 2 aromatic heterocycles. The SMILES string of the molecule is CCOC(=O)C1CCCN(C(=O)CN(C)C(=O)c2cc(-c3cccnc3)on2)C1. The van der Waals surface area contributed by atoms with Crippen LogP contribution in [-0.4, -0.2) is 71.0 Å². The zero-order valence-electron chi connectivity index (χ0n) is 16.5. The Labute approximate surface area is 168 Å². The fourth-order valence-electron chi connectivity index (χ4n) is 3.25. The van der Waals surface area contributed by atoms with Gasteiger partial charge in [0.2, 0.25) is 5.91 Å². The first-order valence-corrected chi connectivity index (χ1v) is 9.56. The molecular formula is C20H24N4O5. The van der Waals surface area contributed by atoms with Crippen molar-refractivity contribution in [1.82, 2.24) is 19.9 Å². The Balaban J connectivity index is 1.59. The zero-order chi connectivity index (χ0) is 20.8. The Kier molecular flexibility index (Phi) is 6.58. The molecule has 2 aromatic rings. The molecule has 1 aliphatic rings. The highest BCUT2D eigenvalue weighted by Gasteiger charge is 2.30. The number of esters is 1. The van der Waals surface area contributed by atoms with Gasteiger partial charge in [0.25, 0.3) is 5.91 Å². The van der Waals surface area contributed by atoms with Crippen molar-refractivity contribution in [3.05, 3.63) is 36.3 Å². The van der Waals surface area contributed by atoms with E-state index in [4.69, 9.17) is 9.26 Å². The first-order valence-electron chi connectivity index (χ1n) is 9.56. The van der Waals surface area contributed by atoms with E-state index in [-0.39, 0.29) is 30.0 Å². The highest BCUT2D eigenvalue weighted by atomic mass is 16.5. The molecule has 0 N–H and O–H groups in total. The minimum atomic E-state index is -0.420. The van der Waals surface area contributed by atoms with Crippen LogP contribution >= 0.6 is 0 Å². The van der Waals surface area contributed by atoms with E-state index in [0.29, 0.717) is 37.4 Å². The fourth-order valence-corrected chi connectivity index (χ4v) is 3.25. The summed E-state index contributed by atoms with van der Waals surface area (Å²) in [6, 6.07) is 5.08. The number of amides is 2. The Bertz CT molecular complexity index is 867. The van der Waals surface area contributed by atoms with Crippen LogP contribution in [0.4, 0.5) is 0 Å². The predicted octanol–water partition coefficient (Wildman–Crippen LogP) is 1.61. The molecule has 1 fully saturated rings. The van der Waals surface area contributed by atoms with Crippen molar-refractivity contribution in [3.8, 4) is 11.3 Å². The molecule has 1 aliphatic heterocycles. The number of nitrogens with zero attached hydrogens (tertiary/aromatic N) is 4. The number of hydrogen-bond acceptors (Lipinski definition) is 7. The maximum Gasteiger partial charge on any atom is 0.310 e. The van der Waals surface area contributed by atoms with E-state index >= 15 is 0 Å². The number of piperidine rings is 1. The second kappa shape index (κ2) is 9.31. The molecule has 0 aromatic carbocycles. The molecule has 1 unspecified atom stereocenters. The van der Waals surface area contributed by atoms with Gasteiger partial charge in [0.1, 0.15) is 0 Å². The van der Waals surface area contributed by atoms with Crippen LogP contribution in [0.1, 0.15) is 30.3 Å². The van der Waals surface area contributed by atoms with E-state index in [1.54, 1.807) is 36.4 Å². The first kappa shape index (κ1) is 20.5. The summed E-state index contributed by atoms with van der Waals surface area (Å²) in [7, 11) is 1.53. The van der Waals surface area contributed by atoms with Crippen LogP contribution in [0.2, 0.25) is 0 Å². The molecule has 3 heterocycles. The van der Waals surface area contributed by atoms with Crippen molar-refractivity contribution in [2.24, 2.45) is 5.92 Å². The number of likely N-dealkylation sites (N-methyl/N-ethyl adjacent to an activating group) is 1. The second-order valence-electron chi connectivity index (χ2n) is 6.91. The fraction of sp³-hybridized carbons (Fsp3) is 0.450. The lowest BCUT2D eigenvalue weighted by Gasteiger charge is -2.32. The third kappa shape index (κ3) is 4.98. The minimum Gasteiger partial charge on any atom is -0.466 e. The van der Waals surface area contributed by atoms with E-state index in [1.807, 2.05) is 0 Å². The van der Waals surface area contributed by atoms with Crippen molar-refractivity contribution in [3.63, 3.8) is 0 Å². The minimum absolute atomic E-state index is 0.108. The van der Waals surface area contributed by atoms with Crippen molar-refractivity contribution in [2.45, 2.75) is 19.8 Å². The van der Waals surface area contributed by atoms with Gasteiger partial charge in [0.05, 0.1) is 19.1 Å². The summed E-state index contributed by atoms with van der Waals surface area (Å²) < 4.78 is 10.3. The van der Waals surface area contributed by atoms with Gasteiger partial charge in [-0.05, 0) is 31.9 Å². The Morgan fingerprint density at radius 3 is 2.93 bits per heavy atom. The molecule has 0 bridgehead atoms. The van der Waals surface area contributed by atoms with Crippen LogP contribution in [0.3, 0.4) is 0 Å². The van der Waals surface area contributed by atoms with Crippen molar-refractivity contribution in [1.29, 1.82) is 0 Å². The lowest BCUT2D eigenvalue weighted by molar-refractivity contribution is -0.151. The van der Waals surface area contributed by atoms with Gasteiger partial charge >= 0.3 is 5.97 Å². The highest BCUT2D eigenvalue weighted by Crippen LogP contribution is 2.20. The molecular weight excluding hydrogens is 376 g/mol. The van der Waals surface area contributed by atoms with Crippen LogP contribution < -0.4 is 0 Å². The van der Waals surface area contributed by atoms with Gasteiger partial charge in [-0.1, -0.05) is 5.16 Å². The molecule has 9 heteroatoms. The first-order chi connectivity index (χ1) is 14.0.